The van der Waals surface area contributed by atoms with E-state index in [1.54, 1.807) is 11.2 Å². The molecule has 3 aliphatic rings. The number of carbonyl (C=O) groups excluding carboxylic acids is 1. The summed E-state index contributed by atoms with van der Waals surface area (Å²) in [5, 5.41) is -0.381. The number of amides is 1. The zero-order valence-electron chi connectivity index (χ0n) is 14.4. The molecule has 140 valence electrons. The Hall–Kier alpha value is -2.54. The van der Waals surface area contributed by atoms with Gasteiger partial charge in [0.15, 0.2) is 23.2 Å². The average Bonchev–Trinajstić information content (AvgIpc) is 3.06. The van der Waals surface area contributed by atoms with Crippen molar-refractivity contribution >= 4 is 17.7 Å². The summed E-state index contributed by atoms with van der Waals surface area (Å²) < 4.78 is 38.1. The molecule has 1 atom stereocenters. The maximum atomic E-state index is 13.5. The fraction of sp³-hybridized carbons (Fsp3) is 0.250. The lowest BCUT2D eigenvalue weighted by Gasteiger charge is -2.28. The van der Waals surface area contributed by atoms with E-state index in [0.29, 0.717) is 22.8 Å². The monoisotopic (exact) mass is 389 g/mol. The predicted octanol–water partition coefficient (Wildman–Crippen LogP) is 4.37. The summed E-state index contributed by atoms with van der Waals surface area (Å²) in [4.78, 5) is 13.9. The third kappa shape index (κ3) is 3.78. The summed E-state index contributed by atoms with van der Waals surface area (Å²) in [7, 11) is 0. The lowest BCUT2D eigenvalue weighted by molar-refractivity contribution is -0.128. The molecular weight excluding hydrogens is 372 g/mol. The highest BCUT2D eigenvalue weighted by molar-refractivity contribution is 8.01. The molecule has 1 aromatic carbocycles. The normalized spacial score (nSPS) is 22.0. The van der Waals surface area contributed by atoms with Gasteiger partial charge in [-0.2, -0.15) is 0 Å². The van der Waals surface area contributed by atoms with Gasteiger partial charge >= 0.3 is 0 Å². The molecule has 0 radical (unpaired) electrons. The minimum absolute atomic E-state index is 0.0878. The van der Waals surface area contributed by atoms with E-state index >= 15 is 0 Å². The number of ether oxygens (including phenoxy) is 2. The Balaban J connectivity index is 1.51. The third-order valence-corrected chi connectivity index (χ3v) is 5.68. The van der Waals surface area contributed by atoms with Crippen LogP contribution in [0.3, 0.4) is 0 Å². The molecule has 7 heteroatoms. The predicted molar refractivity (Wildman–Crippen MR) is 97.9 cm³/mol. The second kappa shape index (κ2) is 7.60. The third-order valence-electron chi connectivity index (χ3n) is 4.47. The fourth-order valence-corrected chi connectivity index (χ4v) is 4.20. The Labute approximate surface area is 159 Å². The number of thioether (sulfide) groups is 1. The summed E-state index contributed by atoms with van der Waals surface area (Å²) in [5.41, 5.74) is 1.55. The van der Waals surface area contributed by atoms with Gasteiger partial charge in [0.25, 0.3) is 0 Å². The molecule has 4 rings (SSSR count). The Kier molecular flexibility index (Phi) is 5.03. The van der Waals surface area contributed by atoms with E-state index in [4.69, 9.17) is 9.47 Å². The Morgan fingerprint density at radius 3 is 2.89 bits per heavy atom. The Bertz CT molecular complexity index is 891. The molecule has 1 aliphatic carbocycles. The van der Waals surface area contributed by atoms with E-state index in [-0.39, 0.29) is 17.8 Å². The van der Waals surface area contributed by atoms with Crippen LogP contribution in [0.2, 0.25) is 0 Å². The van der Waals surface area contributed by atoms with Gasteiger partial charge in [-0.1, -0.05) is 24.3 Å². The summed E-state index contributed by atoms with van der Waals surface area (Å²) >= 11 is 1.41. The van der Waals surface area contributed by atoms with Gasteiger partial charge in [0.05, 0.1) is 5.75 Å². The summed E-state index contributed by atoms with van der Waals surface area (Å²) in [6.45, 7) is 0.166. The molecule has 0 bridgehead atoms. The molecule has 1 aromatic rings. The van der Waals surface area contributed by atoms with Gasteiger partial charge in [-0.05, 0) is 36.1 Å². The van der Waals surface area contributed by atoms with Crippen LogP contribution >= 0.6 is 11.8 Å². The number of hydrogen-bond donors (Lipinski definition) is 0. The first-order valence-corrected chi connectivity index (χ1v) is 9.61. The number of nitrogens with zero attached hydrogens (tertiary/aromatic N) is 1. The van der Waals surface area contributed by atoms with E-state index in [2.05, 4.69) is 6.08 Å². The molecular formula is C20H17F2NO3S. The van der Waals surface area contributed by atoms with Crippen LogP contribution in [0.15, 0.2) is 66.0 Å². The first-order chi connectivity index (χ1) is 13.1. The quantitative estimate of drug-likeness (QED) is 0.767. The van der Waals surface area contributed by atoms with Crippen molar-refractivity contribution in [1.29, 1.82) is 0 Å². The van der Waals surface area contributed by atoms with Crippen LogP contribution in [-0.4, -0.2) is 21.9 Å². The van der Waals surface area contributed by atoms with E-state index < -0.39 is 11.6 Å². The Morgan fingerprint density at radius 1 is 1.22 bits per heavy atom. The second-order valence-electron chi connectivity index (χ2n) is 6.33. The highest BCUT2D eigenvalue weighted by Gasteiger charge is 2.37. The summed E-state index contributed by atoms with van der Waals surface area (Å²) in [5.74, 6) is -0.489. The highest BCUT2D eigenvalue weighted by atomic mass is 32.2. The minimum atomic E-state index is -0.928. The number of benzene rings is 1. The van der Waals surface area contributed by atoms with Gasteiger partial charge < -0.3 is 14.4 Å². The largest absolute Gasteiger partial charge is 0.465 e. The molecule has 1 unspecified atom stereocenters. The first-order valence-electron chi connectivity index (χ1n) is 8.56. The molecule has 1 amide bonds. The van der Waals surface area contributed by atoms with Crippen LogP contribution in [0.25, 0.3) is 0 Å². The van der Waals surface area contributed by atoms with Crippen LogP contribution in [0.5, 0.6) is 0 Å². The van der Waals surface area contributed by atoms with Crippen molar-refractivity contribution in [1.82, 2.24) is 4.90 Å². The molecule has 0 aromatic heterocycles. The van der Waals surface area contributed by atoms with Crippen LogP contribution in [0.4, 0.5) is 8.78 Å². The van der Waals surface area contributed by atoms with Crippen LogP contribution in [0, 0.1) is 11.6 Å². The van der Waals surface area contributed by atoms with Gasteiger partial charge in [0, 0.05) is 6.54 Å². The van der Waals surface area contributed by atoms with Crippen molar-refractivity contribution in [2.75, 3.05) is 5.75 Å². The zero-order valence-corrected chi connectivity index (χ0v) is 15.2. The summed E-state index contributed by atoms with van der Waals surface area (Å²) in [6.07, 6.45) is 10.9. The lowest BCUT2D eigenvalue weighted by Crippen LogP contribution is -2.34. The molecule has 1 saturated heterocycles. The van der Waals surface area contributed by atoms with Crippen molar-refractivity contribution in [3.63, 3.8) is 0 Å². The fourth-order valence-electron chi connectivity index (χ4n) is 3.09. The Morgan fingerprint density at radius 2 is 2.11 bits per heavy atom. The number of carbonyl (C=O) groups is 1. The SMILES string of the molecule is O=C1CSC(C2=COC=C(C3=CC=CCC3)O2)N1Cc1ccc(F)c(F)c1. The maximum absolute atomic E-state index is 13.5. The van der Waals surface area contributed by atoms with Gasteiger partial charge in [0.2, 0.25) is 5.91 Å². The molecule has 2 heterocycles. The molecule has 0 spiro atoms. The smallest absolute Gasteiger partial charge is 0.234 e. The van der Waals surface area contributed by atoms with E-state index in [1.807, 2.05) is 12.2 Å². The zero-order chi connectivity index (χ0) is 18.8. The van der Waals surface area contributed by atoms with E-state index in [0.717, 1.165) is 30.5 Å². The number of hydrogen-bond acceptors (Lipinski definition) is 4. The molecule has 4 nitrogen and oxygen atoms in total. The van der Waals surface area contributed by atoms with Crippen molar-refractivity contribution in [2.45, 2.75) is 24.8 Å². The standard InChI is InChI=1S/C20H17F2NO3S/c21-15-7-6-13(8-16(15)22)9-23-19(24)12-27-20(23)18-11-25-10-17(26-18)14-4-2-1-3-5-14/h1-2,4,6-8,10-11,20H,3,5,9,12H2. The van der Waals surface area contributed by atoms with E-state index in [9.17, 15) is 13.6 Å². The molecule has 27 heavy (non-hydrogen) atoms. The minimum Gasteiger partial charge on any atom is -0.465 e. The molecule has 2 aliphatic heterocycles. The van der Waals surface area contributed by atoms with E-state index in [1.165, 1.54) is 24.1 Å². The second-order valence-corrected chi connectivity index (χ2v) is 7.40. The van der Waals surface area contributed by atoms with Crippen molar-refractivity contribution in [2.24, 2.45) is 0 Å². The topological polar surface area (TPSA) is 38.8 Å². The molecule has 0 saturated carbocycles. The number of rotatable bonds is 4. The van der Waals surface area contributed by atoms with Gasteiger partial charge in [-0.15, -0.1) is 11.8 Å². The molecule has 0 N–H and O–H groups in total. The van der Waals surface area contributed by atoms with Gasteiger partial charge in [0.1, 0.15) is 17.9 Å². The summed E-state index contributed by atoms with van der Waals surface area (Å²) in [6, 6.07) is 3.65. The van der Waals surface area contributed by atoms with Gasteiger partial charge in [-0.3, -0.25) is 4.79 Å². The van der Waals surface area contributed by atoms with Crippen LogP contribution < -0.4 is 0 Å². The van der Waals surface area contributed by atoms with Crippen LogP contribution in [-0.2, 0) is 20.8 Å². The van der Waals surface area contributed by atoms with Crippen molar-refractivity contribution in [3.8, 4) is 0 Å². The lowest BCUT2D eigenvalue weighted by atomic mass is 10.0. The van der Waals surface area contributed by atoms with Crippen molar-refractivity contribution < 1.29 is 23.0 Å². The van der Waals surface area contributed by atoms with Crippen molar-refractivity contribution in [3.05, 3.63) is 83.2 Å². The maximum Gasteiger partial charge on any atom is 0.234 e. The van der Waals surface area contributed by atoms with Crippen LogP contribution in [0.1, 0.15) is 18.4 Å². The first kappa shape index (κ1) is 17.9. The number of allylic oxidation sites excluding steroid dienone is 4. The average molecular weight is 389 g/mol. The van der Waals surface area contributed by atoms with Gasteiger partial charge in [-0.25, -0.2) is 8.78 Å². The number of halogens is 2. The highest BCUT2D eigenvalue weighted by Crippen LogP contribution is 2.36. The molecule has 1 fully saturated rings.